The van der Waals surface area contributed by atoms with Crippen LogP contribution in [0.25, 0.3) is 0 Å². The van der Waals surface area contributed by atoms with Gasteiger partial charge in [0.05, 0.1) is 0 Å². The van der Waals surface area contributed by atoms with Crippen LogP contribution in [0.5, 0.6) is 0 Å². The van der Waals surface area contributed by atoms with Crippen LogP contribution in [-0.4, -0.2) is 51.9 Å². The van der Waals surface area contributed by atoms with Gasteiger partial charge in [-0.2, -0.15) is 0 Å². The molecular formula is C13H21N3O3S2. The Morgan fingerprint density at radius 2 is 2.14 bits per heavy atom. The van der Waals surface area contributed by atoms with E-state index in [0.29, 0.717) is 43.1 Å². The fourth-order valence-corrected chi connectivity index (χ4v) is 4.65. The smallest absolute Gasteiger partial charge is 0.250 e. The van der Waals surface area contributed by atoms with Gasteiger partial charge in [0.15, 0.2) is 0 Å². The number of nitrogens with zero attached hydrogens (tertiary/aromatic N) is 1. The fourth-order valence-electron chi connectivity index (χ4n) is 2.33. The Morgan fingerprint density at radius 1 is 1.43 bits per heavy atom. The molecule has 0 atom stereocenters. The van der Waals surface area contributed by atoms with Crippen LogP contribution in [0, 0.1) is 0 Å². The number of carbonyl (C=O) groups excluding carboxylic acids is 1. The molecule has 0 aliphatic carbocycles. The van der Waals surface area contributed by atoms with Crippen molar-refractivity contribution in [1.29, 1.82) is 0 Å². The van der Waals surface area contributed by atoms with E-state index < -0.39 is 10.0 Å². The number of rotatable bonds is 6. The van der Waals surface area contributed by atoms with Crippen molar-refractivity contribution in [3.63, 3.8) is 0 Å². The molecule has 0 radical (unpaired) electrons. The summed E-state index contributed by atoms with van der Waals surface area (Å²) < 4.78 is 27.3. The van der Waals surface area contributed by atoms with E-state index >= 15 is 0 Å². The molecule has 1 aliphatic rings. The van der Waals surface area contributed by atoms with Gasteiger partial charge in [0.2, 0.25) is 15.9 Å². The highest BCUT2D eigenvalue weighted by molar-refractivity contribution is 7.91. The van der Waals surface area contributed by atoms with Crippen LogP contribution >= 0.6 is 11.3 Å². The Hall–Kier alpha value is -0.960. The lowest BCUT2D eigenvalue weighted by atomic mass is 10.1. The van der Waals surface area contributed by atoms with Crippen molar-refractivity contribution in [2.75, 3.05) is 26.7 Å². The molecule has 0 aromatic carbocycles. The summed E-state index contributed by atoms with van der Waals surface area (Å²) in [5.74, 6) is 0.129. The minimum Gasteiger partial charge on any atom is -0.343 e. The Labute approximate surface area is 129 Å². The summed E-state index contributed by atoms with van der Waals surface area (Å²) in [4.78, 5) is 13.7. The van der Waals surface area contributed by atoms with E-state index in [1.165, 1.54) is 11.3 Å². The number of thiophene rings is 1. The van der Waals surface area contributed by atoms with E-state index in [1.807, 2.05) is 11.9 Å². The predicted octanol–water partition coefficient (Wildman–Crippen LogP) is 0.627. The molecule has 0 saturated carbocycles. The standard InChI is InChI=1S/C13H21N3O3S2/c1-14-7-4-12(17)16-8-5-11(6-9-16)15-21(18,19)13-3-2-10-20-13/h2-3,10-11,14-15H,4-9H2,1H3. The molecule has 2 N–H and O–H groups in total. The van der Waals surface area contributed by atoms with Gasteiger partial charge in [-0.25, -0.2) is 13.1 Å². The van der Waals surface area contributed by atoms with Gasteiger partial charge in [0, 0.05) is 32.1 Å². The maximum absolute atomic E-state index is 12.1. The lowest BCUT2D eigenvalue weighted by molar-refractivity contribution is -0.132. The van der Waals surface area contributed by atoms with Crippen molar-refractivity contribution in [2.45, 2.75) is 29.5 Å². The van der Waals surface area contributed by atoms with Gasteiger partial charge in [-0.3, -0.25) is 4.79 Å². The van der Waals surface area contributed by atoms with Crippen molar-refractivity contribution < 1.29 is 13.2 Å². The average Bonchev–Trinajstić information content (AvgIpc) is 3.00. The number of carbonyl (C=O) groups is 1. The first-order chi connectivity index (χ1) is 10.0. The topological polar surface area (TPSA) is 78.5 Å². The zero-order valence-corrected chi connectivity index (χ0v) is 13.7. The zero-order chi connectivity index (χ0) is 15.3. The second kappa shape index (κ2) is 7.35. The van der Waals surface area contributed by atoms with E-state index in [9.17, 15) is 13.2 Å². The quantitative estimate of drug-likeness (QED) is 0.801. The first-order valence-corrected chi connectivity index (χ1v) is 9.37. The number of piperidine rings is 1. The highest BCUT2D eigenvalue weighted by atomic mass is 32.2. The van der Waals surface area contributed by atoms with Crippen LogP contribution in [0.4, 0.5) is 0 Å². The number of hydrogen-bond acceptors (Lipinski definition) is 5. The summed E-state index contributed by atoms with van der Waals surface area (Å²) in [7, 11) is -1.60. The molecule has 2 rings (SSSR count). The third-order valence-corrected chi connectivity index (χ3v) is 6.44. The van der Waals surface area contributed by atoms with Gasteiger partial charge in [-0.1, -0.05) is 6.07 Å². The van der Waals surface area contributed by atoms with Crippen LogP contribution in [0.1, 0.15) is 19.3 Å². The number of likely N-dealkylation sites (tertiary alicyclic amines) is 1. The molecular weight excluding hydrogens is 310 g/mol. The maximum Gasteiger partial charge on any atom is 0.250 e. The van der Waals surface area contributed by atoms with Crippen molar-refractivity contribution in [1.82, 2.24) is 14.9 Å². The molecule has 1 saturated heterocycles. The van der Waals surface area contributed by atoms with Crippen molar-refractivity contribution in [3.8, 4) is 0 Å². The normalized spacial score (nSPS) is 17.1. The molecule has 0 unspecified atom stereocenters. The Balaban J connectivity index is 1.83. The molecule has 8 heteroatoms. The zero-order valence-electron chi connectivity index (χ0n) is 12.0. The summed E-state index contributed by atoms with van der Waals surface area (Å²) in [5.41, 5.74) is 0. The molecule has 1 aliphatic heterocycles. The molecule has 2 heterocycles. The van der Waals surface area contributed by atoms with E-state index in [0.717, 1.165) is 0 Å². The lowest BCUT2D eigenvalue weighted by Gasteiger charge is -2.32. The average molecular weight is 331 g/mol. The maximum atomic E-state index is 12.1. The van der Waals surface area contributed by atoms with Crippen LogP contribution in [0.15, 0.2) is 21.7 Å². The molecule has 0 bridgehead atoms. The van der Waals surface area contributed by atoms with Crippen LogP contribution in [0.3, 0.4) is 0 Å². The highest BCUT2D eigenvalue weighted by Crippen LogP contribution is 2.18. The molecule has 1 aromatic rings. The van der Waals surface area contributed by atoms with Crippen molar-refractivity contribution in [2.24, 2.45) is 0 Å². The second-order valence-electron chi connectivity index (χ2n) is 5.06. The second-order valence-corrected chi connectivity index (χ2v) is 7.95. The molecule has 118 valence electrons. The first kappa shape index (κ1) is 16.4. The molecule has 1 amide bonds. The Bertz CT molecular complexity index is 549. The predicted molar refractivity (Wildman–Crippen MR) is 82.8 cm³/mol. The molecule has 21 heavy (non-hydrogen) atoms. The highest BCUT2D eigenvalue weighted by Gasteiger charge is 2.26. The van der Waals surface area contributed by atoms with Crippen molar-refractivity contribution in [3.05, 3.63) is 17.5 Å². The number of nitrogens with one attached hydrogen (secondary N) is 2. The first-order valence-electron chi connectivity index (χ1n) is 7.01. The SMILES string of the molecule is CNCCC(=O)N1CCC(NS(=O)(=O)c2cccs2)CC1. The molecule has 0 spiro atoms. The van der Waals surface area contributed by atoms with Crippen molar-refractivity contribution >= 4 is 27.3 Å². The third-order valence-electron chi connectivity index (χ3n) is 3.52. The number of sulfonamides is 1. The van der Waals surface area contributed by atoms with E-state index in [2.05, 4.69) is 10.0 Å². The Kier molecular flexibility index (Phi) is 5.74. The summed E-state index contributed by atoms with van der Waals surface area (Å²) in [6, 6.07) is 3.23. The van der Waals surface area contributed by atoms with E-state index in [-0.39, 0.29) is 11.9 Å². The van der Waals surface area contributed by atoms with Gasteiger partial charge in [0.1, 0.15) is 4.21 Å². The van der Waals surface area contributed by atoms with Crippen LogP contribution < -0.4 is 10.0 Å². The molecule has 6 nitrogen and oxygen atoms in total. The van der Waals surface area contributed by atoms with Gasteiger partial charge in [0.25, 0.3) is 0 Å². The number of amides is 1. The van der Waals surface area contributed by atoms with E-state index in [1.54, 1.807) is 17.5 Å². The van der Waals surface area contributed by atoms with E-state index in [4.69, 9.17) is 0 Å². The van der Waals surface area contributed by atoms with Crippen LogP contribution in [-0.2, 0) is 14.8 Å². The van der Waals surface area contributed by atoms with Gasteiger partial charge < -0.3 is 10.2 Å². The third kappa shape index (κ3) is 4.50. The van der Waals surface area contributed by atoms with Gasteiger partial charge in [-0.05, 0) is 31.3 Å². The summed E-state index contributed by atoms with van der Waals surface area (Å²) in [5, 5.41) is 4.70. The largest absolute Gasteiger partial charge is 0.343 e. The lowest BCUT2D eigenvalue weighted by Crippen LogP contribution is -2.46. The molecule has 1 fully saturated rings. The minimum absolute atomic E-state index is 0.0922. The van der Waals surface area contributed by atoms with Gasteiger partial charge >= 0.3 is 0 Å². The summed E-state index contributed by atoms with van der Waals surface area (Å²) in [6.45, 7) is 1.89. The summed E-state index contributed by atoms with van der Waals surface area (Å²) >= 11 is 1.21. The van der Waals surface area contributed by atoms with Crippen LogP contribution in [0.2, 0.25) is 0 Å². The number of hydrogen-bond donors (Lipinski definition) is 2. The fraction of sp³-hybridized carbons (Fsp3) is 0.615. The molecule has 1 aromatic heterocycles. The summed E-state index contributed by atoms with van der Waals surface area (Å²) in [6.07, 6.45) is 1.81. The minimum atomic E-state index is -3.41. The monoisotopic (exact) mass is 331 g/mol. The van der Waals surface area contributed by atoms with Gasteiger partial charge in [-0.15, -0.1) is 11.3 Å². The Morgan fingerprint density at radius 3 is 2.71 bits per heavy atom.